The quantitative estimate of drug-likeness (QED) is 0.770. The number of carbonyl (C=O) groups is 1. The van der Waals surface area contributed by atoms with E-state index >= 15 is 0 Å². The lowest BCUT2D eigenvalue weighted by Gasteiger charge is -2.33. The number of rotatable bonds is 6. The Morgan fingerprint density at radius 1 is 1.30 bits per heavy atom. The summed E-state index contributed by atoms with van der Waals surface area (Å²) in [5.41, 5.74) is 0. The molecule has 2 aromatic rings. The molecule has 2 aliphatic rings. The topological polar surface area (TPSA) is 75.7 Å². The van der Waals surface area contributed by atoms with Gasteiger partial charge in [-0.25, -0.2) is 13.1 Å². The van der Waals surface area contributed by atoms with Gasteiger partial charge in [-0.3, -0.25) is 4.79 Å². The van der Waals surface area contributed by atoms with E-state index in [-0.39, 0.29) is 24.6 Å². The summed E-state index contributed by atoms with van der Waals surface area (Å²) < 4.78 is 33.6. The lowest BCUT2D eigenvalue weighted by molar-refractivity contribution is -0.135. The van der Waals surface area contributed by atoms with Crippen LogP contribution in [0.25, 0.3) is 0 Å². The van der Waals surface area contributed by atoms with Crippen LogP contribution < -0.4 is 9.46 Å². The summed E-state index contributed by atoms with van der Waals surface area (Å²) in [6, 6.07) is 9.81. The van der Waals surface area contributed by atoms with Gasteiger partial charge in [0.2, 0.25) is 10.0 Å². The van der Waals surface area contributed by atoms with Crippen molar-refractivity contribution in [2.75, 3.05) is 13.2 Å². The molecule has 0 unspecified atom stereocenters. The van der Waals surface area contributed by atoms with Crippen LogP contribution in [-0.2, 0) is 14.8 Å². The second-order valence-corrected chi connectivity index (χ2v) is 10.2. The maximum absolute atomic E-state index is 12.6. The van der Waals surface area contributed by atoms with E-state index in [2.05, 4.69) is 4.72 Å². The average Bonchev–Trinajstić information content (AvgIpc) is 3.36. The number of carbonyl (C=O) groups excluding carboxylic acids is 1. The van der Waals surface area contributed by atoms with Crippen molar-refractivity contribution in [1.29, 1.82) is 0 Å². The number of benzene rings is 1. The summed E-state index contributed by atoms with van der Waals surface area (Å²) in [7, 11) is -3.55. The lowest BCUT2D eigenvalue weighted by Crippen LogP contribution is -2.52. The molecule has 6 nitrogen and oxygen atoms in total. The van der Waals surface area contributed by atoms with Gasteiger partial charge < -0.3 is 9.64 Å². The monoisotopic (exact) mass is 426 g/mol. The van der Waals surface area contributed by atoms with Gasteiger partial charge in [0.05, 0.1) is 0 Å². The van der Waals surface area contributed by atoms with Crippen molar-refractivity contribution in [3.8, 4) is 5.75 Å². The minimum atomic E-state index is -3.55. The van der Waals surface area contributed by atoms with Gasteiger partial charge in [-0.1, -0.05) is 23.7 Å². The highest BCUT2D eigenvalue weighted by molar-refractivity contribution is 7.91. The maximum atomic E-state index is 12.6. The van der Waals surface area contributed by atoms with Crippen LogP contribution in [0.5, 0.6) is 5.75 Å². The fourth-order valence-electron chi connectivity index (χ4n) is 3.90. The minimum absolute atomic E-state index is 0.0893. The molecule has 0 radical (unpaired) electrons. The van der Waals surface area contributed by atoms with Gasteiger partial charge in [0, 0.05) is 23.7 Å². The van der Waals surface area contributed by atoms with Gasteiger partial charge in [-0.05, 0) is 48.4 Å². The van der Waals surface area contributed by atoms with Gasteiger partial charge in [-0.15, -0.1) is 11.3 Å². The molecule has 1 amide bonds. The van der Waals surface area contributed by atoms with E-state index in [1.54, 1.807) is 46.7 Å². The number of nitrogens with zero attached hydrogens (tertiary/aromatic N) is 1. The zero-order valence-corrected chi connectivity index (χ0v) is 16.8. The summed E-state index contributed by atoms with van der Waals surface area (Å²) in [6.45, 7) is 0.563. The van der Waals surface area contributed by atoms with E-state index in [9.17, 15) is 13.2 Å². The second kappa shape index (κ2) is 7.43. The third-order valence-electron chi connectivity index (χ3n) is 5.03. The fourth-order valence-corrected chi connectivity index (χ4v) is 6.37. The third-order valence-corrected chi connectivity index (χ3v) is 8.15. The normalized spacial score (nSPS) is 24.3. The second-order valence-electron chi connectivity index (χ2n) is 6.86. The van der Waals surface area contributed by atoms with Crippen LogP contribution in [-0.4, -0.2) is 44.5 Å². The van der Waals surface area contributed by atoms with Crippen LogP contribution in [0.1, 0.15) is 12.8 Å². The highest BCUT2D eigenvalue weighted by Gasteiger charge is 2.48. The number of hydrogen-bond acceptors (Lipinski definition) is 5. The van der Waals surface area contributed by atoms with Crippen molar-refractivity contribution in [3.63, 3.8) is 0 Å². The van der Waals surface area contributed by atoms with E-state index in [0.717, 1.165) is 12.8 Å². The van der Waals surface area contributed by atoms with Gasteiger partial charge in [0.1, 0.15) is 9.96 Å². The molecular formula is C18H19ClN2O4S2. The van der Waals surface area contributed by atoms with Gasteiger partial charge >= 0.3 is 0 Å². The molecule has 0 spiro atoms. The number of ether oxygens (including phenoxy) is 1. The highest BCUT2D eigenvalue weighted by Crippen LogP contribution is 2.38. The predicted octanol–water partition coefficient (Wildman–Crippen LogP) is 2.75. The largest absolute Gasteiger partial charge is 0.484 e. The average molecular weight is 427 g/mol. The summed E-state index contributed by atoms with van der Waals surface area (Å²) in [5.74, 6) is 0.721. The van der Waals surface area contributed by atoms with Gasteiger partial charge in [0.25, 0.3) is 5.91 Å². The first-order chi connectivity index (χ1) is 12.9. The molecule has 1 aromatic carbocycles. The summed E-state index contributed by atoms with van der Waals surface area (Å²) >= 11 is 7.11. The van der Waals surface area contributed by atoms with Crippen LogP contribution in [0.15, 0.2) is 46.0 Å². The van der Waals surface area contributed by atoms with Crippen LogP contribution >= 0.6 is 22.9 Å². The number of likely N-dealkylation sites (tertiary alicyclic amines) is 1. The Labute approximate surface area is 167 Å². The summed E-state index contributed by atoms with van der Waals surface area (Å²) in [5, 5.41) is 2.28. The number of amides is 1. The van der Waals surface area contributed by atoms with E-state index in [4.69, 9.17) is 16.3 Å². The molecule has 4 rings (SSSR count). The molecule has 2 heterocycles. The van der Waals surface area contributed by atoms with Crippen molar-refractivity contribution >= 4 is 38.9 Å². The van der Waals surface area contributed by atoms with E-state index in [0.29, 0.717) is 27.4 Å². The van der Waals surface area contributed by atoms with Crippen molar-refractivity contribution in [1.82, 2.24) is 9.62 Å². The maximum Gasteiger partial charge on any atom is 0.260 e. The molecule has 1 aliphatic carbocycles. The van der Waals surface area contributed by atoms with Crippen LogP contribution in [0.4, 0.5) is 0 Å². The van der Waals surface area contributed by atoms with E-state index < -0.39 is 10.0 Å². The molecule has 9 heteroatoms. The number of nitrogens with one attached hydrogen (secondary N) is 1. The van der Waals surface area contributed by atoms with Crippen LogP contribution in [0.3, 0.4) is 0 Å². The summed E-state index contributed by atoms with van der Waals surface area (Å²) in [4.78, 5) is 14.4. The minimum Gasteiger partial charge on any atom is -0.484 e. The third kappa shape index (κ3) is 3.99. The Morgan fingerprint density at radius 2 is 2.15 bits per heavy atom. The first-order valence-corrected chi connectivity index (χ1v) is 11.4. The van der Waals surface area contributed by atoms with E-state index in [1.807, 2.05) is 0 Å². The Morgan fingerprint density at radius 3 is 2.85 bits per heavy atom. The zero-order valence-electron chi connectivity index (χ0n) is 14.4. The lowest BCUT2D eigenvalue weighted by atomic mass is 10.1. The predicted molar refractivity (Wildman–Crippen MR) is 104 cm³/mol. The molecule has 1 saturated heterocycles. The first-order valence-electron chi connectivity index (χ1n) is 8.66. The molecule has 1 saturated carbocycles. The molecule has 2 bridgehead atoms. The molecule has 27 heavy (non-hydrogen) atoms. The molecule has 1 N–H and O–H groups in total. The summed E-state index contributed by atoms with van der Waals surface area (Å²) in [6.07, 6.45) is 1.58. The zero-order chi connectivity index (χ0) is 19.0. The SMILES string of the molecule is O=C(COc1cccc(Cl)c1)N1C[C@@H]2C[C@H](NS(=O)(=O)c3cccs3)[C@H]1C2. The number of piperidine rings is 1. The van der Waals surface area contributed by atoms with Gasteiger partial charge in [-0.2, -0.15) is 0 Å². The number of hydrogen-bond donors (Lipinski definition) is 1. The molecule has 2 fully saturated rings. The fraction of sp³-hybridized carbons (Fsp3) is 0.389. The Kier molecular flexibility index (Phi) is 5.15. The Hall–Kier alpha value is -1.61. The van der Waals surface area contributed by atoms with Crippen molar-refractivity contribution in [2.24, 2.45) is 5.92 Å². The Bertz CT molecular complexity index is 933. The van der Waals surface area contributed by atoms with Crippen molar-refractivity contribution < 1.29 is 17.9 Å². The molecule has 144 valence electrons. The van der Waals surface area contributed by atoms with Crippen molar-refractivity contribution in [3.05, 3.63) is 46.8 Å². The van der Waals surface area contributed by atoms with Gasteiger partial charge in [0.15, 0.2) is 6.61 Å². The van der Waals surface area contributed by atoms with Crippen LogP contribution in [0.2, 0.25) is 5.02 Å². The highest BCUT2D eigenvalue weighted by atomic mass is 35.5. The van der Waals surface area contributed by atoms with Crippen LogP contribution in [0, 0.1) is 5.92 Å². The number of thiophene rings is 1. The standard InChI is InChI=1S/C18H19ClN2O4S2/c19-13-3-1-4-14(9-13)25-11-17(22)21-10-12-7-15(16(21)8-12)20-27(23,24)18-5-2-6-26-18/h1-6,9,12,15-16,20H,7-8,10-11H2/t12-,15+,16-/m1/s1. The van der Waals surface area contributed by atoms with E-state index in [1.165, 1.54) is 11.3 Å². The molecule has 1 aromatic heterocycles. The number of sulfonamides is 1. The van der Waals surface area contributed by atoms with Crippen molar-refractivity contribution in [2.45, 2.75) is 29.1 Å². The number of fused-ring (bicyclic) bond motifs is 2. The first kappa shape index (κ1) is 18.7. The number of halogens is 1. The molecule has 3 atom stereocenters. The molecular weight excluding hydrogens is 408 g/mol. The molecule has 1 aliphatic heterocycles. The smallest absolute Gasteiger partial charge is 0.260 e. The Balaban J connectivity index is 1.39.